The van der Waals surface area contributed by atoms with Gasteiger partial charge in [0.05, 0.1) is 18.2 Å². The van der Waals surface area contributed by atoms with E-state index >= 15 is 0 Å². The number of hydrogen-bond donors (Lipinski definition) is 2. The fourth-order valence-electron chi connectivity index (χ4n) is 3.74. The number of aromatic amines is 1. The van der Waals surface area contributed by atoms with E-state index in [-0.39, 0.29) is 24.2 Å². The Balaban J connectivity index is 1.36. The van der Waals surface area contributed by atoms with Crippen molar-refractivity contribution in [1.82, 2.24) is 20.2 Å². The van der Waals surface area contributed by atoms with Crippen molar-refractivity contribution in [2.45, 2.75) is 33.4 Å². The highest BCUT2D eigenvalue weighted by Crippen LogP contribution is 2.23. The van der Waals surface area contributed by atoms with Crippen molar-refractivity contribution >= 4 is 22.7 Å². The minimum atomic E-state index is -0.309. The van der Waals surface area contributed by atoms with Gasteiger partial charge in [0, 0.05) is 42.3 Å². The molecule has 2 aromatic heterocycles. The predicted molar refractivity (Wildman–Crippen MR) is 107 cm³/mol. The molecule has 2 amide bonds. The van der Waals surface area contributed by atoms with Gasteiger partial charge in [-0.2, -0.15) is 0 Å². The van der Waals surface area contributed by atoms with Gasteiger partial charge < -0.3 is 15.2 Å². The van der Waals surface area contributed by atoms with Gasteiger partial charge in [-0.3, -0.25) is 14.6 Å². The van der Waals surface area contributed by atoms with E-state index in [9.17, 15) is 9.59 Å². The van der Waals surface area contributed by atoms with E-state index in [4.69, 9.17) is 0 Å². The molecule has 6 nitrogen and oxygen atoms in total. The Labute approximate surface area is 164 Å². The Bertz CT molecular complexity index is 1030. The van der Waals surface area contributed by atoms with Crippen LogP contribution in [0.25, 0.3) is 10.9 Å². The number of aromatic nitrogens is 2. The van der Waals surface area contributed by atoms with Gasteiger partial charge in [-0.15, -0.1) is 0 Å². The highest BCUT2D eigenvalue weighted by Gasteiger charge is 2.34. The van der Waals surface area contributed by atoms with Gasteiger partial charge in [-0.1, -0.05) is 12.1 Å². The zero-order valence-corrected chi connectivity index (χ0v) is 16.2. The fourth-order valence-corrected chi connectivity index (χ4v) is 3.74. The number of benzene rings is 1. The molecule has 0 radical (unpaired) electrons. The van der Waals surface area contributed by atoms with Gasteiger partial charge >= 0.3 is 0 Å². The molecule has 0 unspecified atom stereocenters. The smallest absolute Gasteiger partial charge is 0.225 e. The molecule has 1 aromatic carbocycles. The maximum atomic E-state index is 12.6. The molecule has 28 heavy (non-hydrogen) atoms. The summed E-state index contributed by atoms with van der Waals surface area (Å²) < 4.78 is 0. The summed E-state index contributed by atoms with van der Waals surface area (Å²) in [5.74, 6) is -0.374. The molecule has 1 atom stereocenters. The predicted octanol–water partition coefficient (Wildman–Crippen LogP) is 2.84. The molecule has 0 bridgehead atoms. The number of nitrogens with one attached hydrogen (secondary N) is 2. The SMILES string of the molecule is Cc1[nH]c2ccc(CNC(=O)[C@H]3CC(=O)N(Cc4ccccn4)C3)cc2c1C. The summed E-state index contributed by atoms with van der Waals surface area (Å²) in [6.45, 7) is 5.51. The summed E-state index contributed by atoms with van der Waals surface area (Å²) in [4.78, 5) is 34.2. The van der Waals surface area contributed by atoms with Crippen LogP contribution in [0.3, 0.4) is 0 Å². The second-order valence-corrected chi connectivity index (χ2v) is 7.47. The maximum absolute atomic E-state index is 12.6. The number of H-pyrrole nitrogens is 1. The summed E-state index contributed by atoms with van der Waals surface area (Å²) >= 11 is 0. The van der Waals surface area contributed by atoms with Gasteiger partial charge in [0.25, 0.3) is 0 Å². The lowest BCUT2D eigenvalue weighted by atomic mass is 10.1. The van der Waals surface area contributed by atoms with E-state index in [1.165, 1.54) is 10.9 Å². The zero-order valence-electron chi connectivity index (χ0n) is 16.2. The lowest BCUT2D eigenvalue weighted by molar-refractivity contribution is -0.129. The first kappa shape index (κ1) is 18.2. The minimum Gasteiger partial charge on any atom is -0.358 e. The molecule has 0 aliphatic carbocycles. The van der Waals surface area contributed by atoms with Crippen molar-refractivity contribution < 1.29 is 9.59 Å². The number of amides is 2. The summed E-state index contributed by atoms with van der Waals surface area (Å²) in [6, 6.07) is 11.8. The molecule has 6 heteroatoms. The normalized spacial score (nSPS) is 16.7. The van der Waals surface area contributed by atoms with E-state index in [1.54, 1.807) is 11.1 Å². The monoisotopic (exact) mass is 376 g/mol. The summed E-state index contributed by atoms with van der Waals surface area (Å²) in [6.07, 6.45) is 1.97. The lowest BCUT2D eigenvalue weighted by Gasteiger charge is -2.16. The highest BCUT2D eigenvalue weighted by molar-refractivity contribution is 5.89. The first-order valence-electron chi connectivity index (χ1n) is 9.54. The Kier molecular flexibility index (Phi) is 4.86. The van der Waals surface area contributed by atoms with Gasteiger partial charge in [-0.05, 0) is 49.2 Å². The van der Waals surface area contributed by atoms with Gasteiger partial charge in [0.1, 0.15) is 0 Å². The van der Waals surface area contributed by atoms with Crippen LogP contribution >= 0.6 is 0 Å². The number of aryl methyl sites for hydroxylation is 2. The molecule has 1 aliphatic rings. The van der Waals surface area contributed by atoms with Crippen molar-refractivity contribution in [1.29, 1.82) is 0 Å². The molecular formula is C22H24N4O2. The van der Waals surface area contributed by atoms with Crippen LogP contribution in [0.1, 0.15) is 28.9 Å². The number of carbonyl (C=O) groups is 2. The molecule has 1 saturated heterocycles. The van der Waals surface area contributed by atoms with E-state index in [2.05, 4.69) is 35.2 Å². The second kappa shape index (κ2) is 7.46. The van der Waals surface area contributed by atoms with Crippen LogP contribution in [0.2, 0.25) is 0 Å². The Morgan fingerprint density at radius 2 is 2.14 bits per heavy atom. The number of likely N-dealkylation sites (tertiary alicyclic amines) is 1. The minimum absolute atomic E-state index is 0.00523. The third-order valence-electron chi connectivity index (χ3n) is 5.50. The van der Waals surface area contributed by atoms with Crippen LogP contribution in [0.5, 0.6) is 0 Å². The number of pyridine rings is 1. The summed E-state index contributed by atoms with van der Waals surface area (Å²) in [5, 5.41) is 4.18. The van der Waals surface area contributed by atoms with Crippen molar-refractivity contribution in [2.24, 2.45) is 5.92 Å². The number of nitrogens with zero attached hydrogens (tertiary/aromatic N) is 2. The standard InChI is InChI=1S/C22H24N4O2/c1-14-15(2)25-20-7-6-16(9-19(14)20)11-24-22(28)17-10-21(27)26(12-17)13-18-5-3-4-8-23-18/h3-9,17,25H,10-13H2,1-2H3,(H,24,28)/t17-/m0/s1. The van der Waals surface area contributed by atoms with Gasteiger partial charge in [-0.25, -0.2) is 0 Å². The second-order valence-electron chi connectivity index (χ2n) is 7.47. The zero-order chi connectivity index (χ0) is 19.7. The third kappa shape index (κ3) is 3.63. The van der Waals surface area contributed by atoms with E-state index in [1.807, 2.05) is 30.3 Å². The van der Waals surface area contributed by atoms with E-state index < -0.39 is 0 Å². The Hall–Kier alpha value is -3.15. The van der Waals surface area contributed by atoms with E-state index in [0.717, 1.165) is 22.5 Å². The van der Waals surface area contributed by atoms with Crippen molar-refractivity contribution in [3.63, 3.8) is 0 Å². The molecular weight excluding hydrogens is 352 g/mol. The van der Waals surface area contributed by atoms with Crippen LogP contribution < -0.4 is 5.32 Å². The Morgan fingerprint density at radius 1 is 1.29 bits per heavy atom. The van der Waals surface area contributed by atoms with E-state index in [0.29, 0.717) is 19.6 Å². The molecule has 1 aliphatic heterocycles. The molecule has 0 spiro atoms. The molecule has 3 aromatic rings. The fraction of sp³-hybridized carbons (Fsp3) is 0.318. The third-order valence-corrected chi connectivity index (χ3v) is 5.50. The number of rotatable bonds is 5. The van der Waals surface area contributed by atoms with Crippen LogP contribution in [0, 0.1) is 19.8 Å². The first-order valence-corrected chi connectivity index (χ1v) is 9.54. The molecule has 4 rings (SSSR count). The average Bonchev–Trinajstić information content (AvgIpc) is 3.20. The van der Waals surface area contributed by atoms with Gasteiger partial charge in [0.2, 0.25) is 11.8 Å². The van der Waals surface area contributed by atoms with Crippen LogP contribution in [-0.2, 0) is 22.7 Å². The topological polar surface area (TPSA) is 78.1 Å². The van der Waals surface area contributed by atoms with Crippen LogP contribution in [-0.4, -0.2) is 33.2 Å². The maximum Gasteiger partial charge on any atom is 0.225 e. The molecule has 2 N–H and O–H groups in total. The first-order chi connectivity index (χ1) is 13.5. The number of hydrogen-bond acceptors (Lipinski definition) is 3. The molecule has 0 saturated carbocycles. The number of fused-ring (bicyclic) bond motifs is 1. The lowest BCUT2D eigenvalue weighted by Crippen LogP contribution is -2.32. The van der Waals surface area contributed by atoms with Crippen molar-refractivity contribution in [3.05, 3.63) is 65.1 Å². The highest BCUT2D eigenvalue weighted by atomic mass is 16.2. The van der Waals surface area contributed by atoms with Gasteiger partial charge in [0.15, 0.2) is 0 Å². The average molecular weight is 376 g/mol. The van der Waals surface area contributed by atoms with Crippen LogP contribution in [0.15, 0.2) is 42.6 Å². The quantitative estimate of drug-likeness (QED) is 0.719. The largest absolute Gasteiger partial charge is 0.358 e. The summed E-state index contributed by atoms with van der Waals surface area (Å²) in [5.41, 5.74) is 5.39. The molecule has 144 valence electrons. The summed E-state index contributed by atoms with van der Waals surface area (Å²) in [7, 11) is 0. The molecule has 1 fully saturated rings. The van der Waals surface area contributed by atoms with Crippen molar-refractivity contribution in [3.8, 4) is 0 Å². The number of carbonyl (C=O) groups excluding carboxylic acids is 2. The van der Waals surface area contributed by atoms with Crippen molar-refractivity contribution in [2.75, 3.05) is 6.54 Å². The van der Waals surface area contributed by atoms with Crippen LogP contribution in [0.4, 0.5) is 0 Å². The molecule has 3 heterocycles. The Morgan fingerprint density at radius 3 is 2.93 bits per heavy atom.